The van der Waals surface area contributed by atoms with Crippen molar-refractivity contribution in [3.8, 4) is 0 Å². The summed E-state index contributed by atoms with van der Waals surface area (Å²) in [5.74, 6) is -1.33. The molecular formula is C32H46O7. The Kier molecular flexibility index (Phi) is 8.29. The largest absolute Gasteiger partial charge is 0.462 e. The molecule has 4 aliphatic heterocycles. The van der Waals surface area contributed by atoms with E-state index in [0.29, 0.717) is 30.3 Å². The van der Waals surface area contributed by atoms with Gasteiger partial charge in [0.05, 0.1) is 18.8 Å². The third-order valence-corrected chi connectivity index (χ3v) is 9.52. The number of allylic oxidation sites excluding steroid dienone is 4. The first-order chi connectivity index (χ1) is 18.5. The van der Waals surface area contributed by atoms with Gasteiger partial charge in [-0.25, -0.2) is 0 Å². The molecule has 0 aromatic carbocycles. The molecule has 5 aliphatic rings. The quantitative estimate of drug-likeness (QED) is 0.361. The molecule has 3 saturated heterocycles. The Morgan fingerprint density at radius 2 is 1.92 bits per heavy atom. The monoisotopic (exact) mass is 542 g/mol. The number of rotatable bonds is 1. The molecule has 2 bridgehead atoms. The van der Waals surface area contributed by atoms with Crippen molar-refractivity contribution in [1.29, 1.82) is 0 Å². The molecule has 0 saturated carbocycles. The van der Waals surface area contributed by atoms with Crippen molar-refractivity contribution in [2.45, 2.75) is 115 Å². The molecule has 4 heterocycles. The van der Waals surface area contributed by atoms with Crippen molar-refractivity contribution >= 4 is 5.97 Å². The first-order valence-electron chi connectivity index (χ1n) is 14.7. The van der Waals surface area contributed by atoms with Crippen molar-refractivity contribution in [3.05, 3.63) is 47.1 Å². The second-order valence-corrected chi connectivity index (χ2v) is 12.6. The average Bonchev–Trinajstić information content (AvgIpc) is 3.21. The van der Waals surface area contributed by atoms with Crippen LogP contribution in [-0.4, -0.2) is 66.7 Å². The third kappa shape index (κ3) is 5.58. The average molecular weight is 543 g/mol. The third-order valence-electron chi connectivity index (χ3n) is 9.52. The van der Waals surface area contributed by atoms with E-state index in [4.69, 9.17) is 23.7 Å². The van der Waals surface area contributed by atoms with Gasteiger partial charge in [-0.1, -0.05) is 49.8 Å². The van der Waals surface area contributed by atoms with Gasteiger partial charge in [0.25, 0.3) is 0 Å². The van der Waals surface area contributed by atoms with E-state index in [-0.39, 0.29) is 24.9 Å². The van der Waals surface area contributed by atoms with Gasteiger partial charge in [-0.15, -0.1) is 0 Å². The Hall–Kier alpha value is -1.77. The van der Waals surface area contributed by atoms with E-state index in [9.17, 15) is 9.90 Å². The van der Waals surface area contributed by atoms with Gasteiger partial charge in [0.2, 0.25) is 0 Å². The number of methoxy groups -OCH3 is 1. The molecule has 0 radical (unpaired) electrons. The highest BCUT2D eigenvalue weighted by molar-refractivity contribution is 5.78. The van der Waals surface area contributed by atoms with E-state index in [1.807, 2.05) is 25.2 Å². The van der Waals surface area contributed by atoms with Crippen LogP contribution in [0.1, 0.15) is 73.1 Å². The number of esters is 1. The number of ether oxygens (including phenoxy) is 5. The normalized spacial score (nSPS) is 47.4. The molecule has 7 nitrogen and oxygen atoms in total. The van der Waals surface area contributed by atoms with Crippen LogP contribution in [0.5, 0.6) is 0 Å². The minimum Gasteiger partial charge on any atom is -0.462 e. The fraction of sp³-hybridized carbons (Fsp3) is 0.719. The molecule has 0 unspecified atom stereocenters. The number of aliphatic hydroxyl groups is 1. The van der Waals surface area contributed by atoms with Crippen LogP contribution < -0.4 is 0 Å². The number of hydrogen-bond acceptors (Lipinski definition) is 7. The van der Waals surface area contributed by atoms with Gasteiger partial charge in [0.1, 0.15) is 29.8 Å². The summed E-state index contributed by atoms with van der Waals surface area (Å²) in [5.41, 5.74) is 1.27. The standard InChI is InChI=1S/C32H46O7/c1-19-8-7-9-24-18-36-29-28(35-6)22(4)15-27(32(24,29)34)30(33)37-26-16-25(11-10-20(2)14-19)39-31(17-26)13-12-21(3)23(5)38-31/h7-10,15,19,21,23,25-29,34H,11-14,16-18H2,1-6H3/b8-7+,20-10+,24-9?/t19-,21-,23+,25+,26-,27-,28+,29+,31-,32+/m0/s1. The van der Waals surface area contributed by atoms with Crippen molar-refractivity contribution in [2.75, 3.05) is 13.7 Å². The topological polar surface area (TPSA) is 83.5 Å². The number of carbonyl (C=O) groups is 1. The van der Waals surface area contributed by atoms with Gasteiger partial charge in [0, 0.05) is 26.4 Å². The Morgan fingerprint density at radius 1 is 1.13 bits per heavy atom. The van der Waals surface area contributed by atoms with E-state index < -0.39 is 35.5 Å². The van der Waals surface area contributed by atoms with Crippen LogP contribution in [0, 0.1) is 17.8 Å². The zero-order valence-electron chi connectivity index (χ0n) is 24.4. The summed E-state index contributed by atoms with van der Waals surface area (Å²) in [4.78, 5) is 13.9. The van der Waals surface area contributed by atoms with Gasteiger partial charge >= 0.3 is 5.97 Å². The number of hydrogen-bond donors (Lipinski definition) is 1. The van der Waals surface area contributed by atoms with Crippen molar-refractivity contribution in [3.63, 3.8) is 0 Å². The minimum absolute atomic E-state index is 0.0660. The second kappa shape index (κ2) is 11.2. The molecule has 10 atom stereocenters. The highest BCUT2D eigenvalue weighted by Gasteiger charge is 2.60. The van der Waals surface area contributed by atoms with E-state index in [2.05, 4.69) is 39.8 Å². The van der Waals surface area contributed by atoms with E-state index in [0.717, 1.165) is 31.3 Å². The minimum atomic E-state index is -1.55. The van der Waals surface area contributed by atoms with Crippen LogP contribution in [0.3, 0.4) is 0 Å². The number of carbonyl (C=O) groups excluding carboxylic acids is 1. The predicted octanol–water partition coefficient (Wildman–Crippen LogP) is 5.19. The first kappa shape index (κ1) is 28.7. The zero-order chi connectivity index (χ0) is 27.9. The smallest absolute Gasteiger partial charge is 0.316 e. The lowest BCUT2D eigenvalue weighted by atomic mass is 9.70. The summed E-state index contributed by atoms with van der Waals surface area (Å²) in [6.07, 6.45) is 13.1. The van der Waals surface area contributed by atoms with Crippen LogP contribution in [0.15, 0.2) is 47.1 Å². The van der Waals surface area contributed by atoms with Crippen molar-refractivity contribution in [1.82, 2.24) is 0 Å². The summed E-state index contributed by atoms with van der Waals surface area (Å²) in [6, 6.07) is 0. The zero-order valence-corrected chi connectivity index (χ0v) is 24.4. The molecule has 0 amide bonds. The molecule has 7 heteroatoms. The van der Waals surface area contributed by atoms with Crippen molar-refractivity contribution in [2.24, 2.45) is 17.8 Å². The summed E-state index contributed by atoms with van der Waals surface area (Å²) >= 11 is 0. The van der Waals surface area contributed by atoms with Crippen LogP contribution >= 0.6 is 0 Å². The summed E-state index contributed by atoms with van der Waals surface area (Å²) in [7, 11) is 1.61. The molecule has 1 spiro atoms. The molecule has 39 heavy (non-hydrogen) atoms. The fourth-order valence-corrected chi connectivity index (χ4v) is 7.14. The van der Waals surface area contributed by atoms with Gasteiger partial charge < -0.3 is 28.8 Å². The van der Waals surface area contributed by atoms with E-state index in [1.54, 1.807) is 7.11 Å². The van der Waals surface area contributed by atoms with Crippen LogP contribution in [0.2, 0.25) is 0 Å². The summed E-state index contributed by atoms with van der Waals surface area (Å²) in [6.45, 7) is 10.8. The Morgan fingerprint density at radius 3 is 2.67 bits per heavy atom. The maximum Gasteiger partial charge on any atom is 0.316 e. The number of fused-ring (bicyclic) bond motifs is 2. The molecule has 0 aromatic rings. The maximum atomic E-state index is 13.9. The lowest BCUT2D eigenvalue weighted by Gasteiger charge is -2.49. The molecule has 216 valence electrons. The van der Waals surface area contributed by atoms with E-state index in [1.165, 1.54) is 5.57 Å². The Labute approximate surface area is 233 Å². The molecule has 1 aliphatic carbocycles. The fourth-order valence-electron chi connectivity index (χ4n) is 7.14. The summed E-state index contributed by atoms with van der Waals surface area (Å²) in [5, 5.41) is 12.2. The van der Waals surface area contributed by atoms with Crippen LogP contribution in [0.4, 0.5) is 0 Å². The second-order valence-electron chi connectivity index (χ2n) is 12.6. The Balaban J connectivity index is 1.52. The summed E-state index contributed by atoms with van der Waals surface area (Å²) < 4.78 is 31.3. The lowest BCUT2D eigenvalue weighted by molar-refractivity contribution is -0.332. The van der Waals surface area contributed by atoms with Gasteiger partial charge in [-0.2, -0.15) is 0 Å². The van der Waals surface area contributed by atoms with Gasteiger partial charge in [-0.3, -0.25) is 4.79 Å². The molecule has 1 N–H and O–H groups in total. The molecule has 3 fully saturated rings. The predicted molar refractivity (Wildman–Crippen MR) is 148 cm³/mol. The van der Waals surface area contributed by atoms with Crippen molar-refractivity contribution < 1.29 is 33.6 Å². The SMILES string of the molecule is CO[C@@H]1C(C)=C[C@H]2C(=O)O[C@H]3C[C@@H](C/C=C(\C)C[C@@H](C)/C=C/C=C4CO[C@H]1[C@@]42O)O[C@@]1(CC[C@H](C)[C@@H](C)O1)C3. The lowest BCUT2D eigenvalue weighted by Crippen LogP contribution is -2.58. The maximum absolute atomic E-state index is 13.9. The van der Waals surface area contributed by atoms with Gasteiger partial charge in [-0.05, 0) is 63.0 Å². The molecule has 5 rings (SSSR count). The highest BCUT2D eigenvalue weighted by atomic mass is 16.7. The van der Waals surface area contributed by atoms with Gasteiger partial charge in [0.15, 0.2) is 5.79 Å². The van der Waals surface area contributed by atoms with Crippen LogP contribution in [-0.2, 0) is 28.5 Å². The van der Waals surface area contributed by atoms with Crippen LogP contribution in [0.25, 0.3) is 0 Å². The van der Waals surface area contributed by atoms with E-state index >= 15 is 0 Å². The molecule has 0 aromatic heterocycles. The molecular weight excluding hydrogens is 496 g/mol. The highest BCUT2D eigenvalue weighted by Crippen LogP contribution is 2.47. The first-order valence-corrected chi connectivity index (χ1v) is 14.7. The Bertz CT molecular complexity index is 1060.